The first-order chi connectivity index (χ1) is 9.02. The van der Waals surface area contributed by atoms with Gasteiger partial charge in [0.05, 0.1) is 4.47 Å². The van der Waals surface area contributed by atoms with Gasteiger partial charge >= 0.3 is 0 Å². The summed E-state index contributed by atoms with van der Waals surface area (Å²) < 4.78 is 6.37. The summed E-state index contributed by atoms with van der Waals surface area (Å²) in [6, 6.07) is 7.24. The van der Waals surface area contributed by atoms with Crippen LogP contribution in [0.5, 0.6) is 0 Å². The largest absolute Gasteiger partial charge is 0.450 e. The van der Waals surface area contributed by atoms with Crippen LogP contribution in [0.15, 0.2) is 33.2 Å². The number of aliphatic hydroxyl groups is 1. The number of aliphatic hydroxyl groups excluding tert-OH is 1. The Balaban J connectivity index is 2.20. The van der Waals surface area contributed by atoms with Gasteiger partial charge in [-0.2, -0.15) is 0 Å². The third-order valence-corrected chi connectivity index (χ3v) is 3.84. The lowest BCUT2D eigenvalue weighted by atomic mass is 10.1. The monoisotopic (exact) mass is 325 g/mol. The molecule has 2 unspecified atom stereocenters. The second-order valence-electron chi connectivity index (χ2n) is 4.69. The number of nitrogens with one attached hydrogen (secondary N) is 1. The predicted octanol–water partition coefficient (Wildman–Crippen LogP) is 2.94. The Bertz CT molecular complexity index is 593. The minimum Gasteiger partial charge on any atom is -0.450 e. The van der Waals surface area contributed by atoms with Gasteiger partial charge in [0.25, 0.3) is 5.91 Å². The van der Waals surface area contributed by atoms with Crippen LogP contribution in [-0.2, 0) is 0 Å². The van der Waals surface area contributed by atoms with Crippen molar-refractivity contribution in [3.05, 3.63) is 34.5 Å². The molecular weight excluding hydrogens is 310 g/mol. The van der Waals surface area contributed by atoms with Gasteiger partial charge in [-0.1, -0.05) is 19.1 Å². The van der Waals surface area contributed by atoms with Gasteiger partial charge in [-0.3, -0.25) is 4.79 Å². The van der Waals surface area contributed by atoms with Crippen molar-refractivity contribution in [3.63, 3.8) is 0 Å². The van der Waals surface area contributed by atoms with Crippen LogP contribution in [0, 0.1) is 5.92 Å². The number of hydrogen-bond donors (Lipinski definition) is 2. The Hall–Kier alpha value is -1.33. The molecule has 0 aliphatic carbocycles. The molecule has 19 heavy (non-hydrogen) atoms. The molecule has 1 aromatic heterocycles. The van der Waals surface area contributed by atoms with E-state index in [9.17, 15) is 4.79 Å². The first kappa shape index (κ1) is 14.1. The van der Waals surface area contributed by atoms with Crippen LogP contribution >= 0.6 is 15.9 Å². The molecule has 0 radical (unpaired) electrons. The van der Waals surface area contributed by atoms with Crippen LogP contribution < -0.4 is 5.32 Å². The van der Waals surface area contributed by atoms with E-state index in [1.165, 1.54) is 0 Å². The molecule has 1 aromatic carbocycles. The number of benzene rings is 1. The number of rotatable bonds is 4. The summed E-state index contributed by atoms with van der Waals surface area (Å²) in [5, 5.41) is 12.8. The maximum Gasteiger partial charge on any atom is 0.287 e. The molecule has 0 saturated carbocycles. The highest BCUT2D eigenvalue weighted by atomic mass is 79.9. The molecule has 5 heteroatoms. The van der Waals surface area contributed by atoms with E-state index in [1.807, 2.05) is 32.0 Å². The Morgan fingerprint density at radius 1 is 1.47 bits per heavy atom. The molecule has 4 nitrogen and oxygen atoms in total. The number of amides is 1. The Kier molecular flexibility index (Phi) is 4.27. The molecule has 0 saturated heterocycles. The molecule has 0 fully saturated rings. The fraction of sp³-hybridized carbons (Fsp3) is 0.357. The van der Waals surface area contributed by atoms with Gasteiger partial charge in [-0.25, -0.2) is 0 Å². The Morgan fingerprint density at radius 2 is 2.21 bits per heavy atom. The molecule has 0 aliphatic rings. The zero-order valence-electron chi connectivity index (χ0n) is 10.8. The predicted molar refractivity (Wildman–Crippen MR) is 77.1 cm³/mol. The highest BCUT2D eigenvalue weighted by Gasteiger charge is 2.18. The van der Waals surface area contributed by atoms with Crippen LogP contribution in [-0.4, -0.2) is 23.7 Å². The Labute approximate surface area is 119 Å². The molecule has 1 amide bonds. The van der Waals surface area contributed by atoms with Crippen LogP contribution in [0.2, 0.25) is 0 Å². The molecule has 2 aromatic rings. The van der Waals surface area contributed by atoms with Crippen molar-refractivity contribution in [2.24, 2.45) is 5.92 Å². The van der Waals surface area contributed by atoms with E-state index in [0.29, 0.717) is 5.58 Å². The number of fused-ring (bicyclic) bond motifs is 1. The highest BCUT2D eigenvalue weighted by molar-refractivity contribution is 9.10. The van der Waals surface area contributed by atoms with Crippen molar-refractivity contribution in [1.29, 1.82) is 0 Å². The number of hydrogen-bond acceptors (Lipinski definition) is 3. The van der Waals surface area contributed by atoms with Crippen molar-refractivity contribution in [2.45, 2.75) is 19.9 Å². The highest BCUT2D eigenvalue weighted by Crippen LogP contribution is 2.26. The minimum absolute atomic E-state index is 0.0000597. The lowest BCUT2D eigenvalue weighted by Gasteiger charge is -2.18. The summed E-state index contributed by atoms with van der Waals surface area (Å²) in [7, 11) is 0. The SMILES string of the molecule is CC(CO)C(C)NC(=O)c1cc2cccc(Br)c2o1. The van der Waals surface area contributed by atoms with Gasteiger partial charge in [0.2, 0.25) is 0 Å². The van der Waals surface area contributed by atoms with Crippen LogP contribution in [0.1, 0.15) is 24.4 Å². The summed E-state index contributed by atoms with van der Waals surface area (Å²) in [6.45, 7) is 3.77. The first-order valence-corrected chi connectivity index (χ1v) is 6.92. The summed E-state index contributed by atoms with van der Waals surface area (Å²) in [6.07, 6.45) is 0. The maximum atomic E-state index is 12.1. The van der Waals surface area contributed by atoms with Gasteiger partial charge in [-0.05, 0) is 40.9 Å². The normalized spacial score (nSPS) is 14.3. The first-order valence-electron chi connectivity index (χ1n) is 6.12. The second-order valence-corrected chi connectivity index (χ2v) is 5.55. The number of halogens is 1. The second kappa shape index (κ2) is 5.75. The number of carbonyl (C=O) groups is 1. The van der Waals surface area contributed by atoms with E-state index in [1.54, 1.807) is 6.07 Å². The van der Waals surface area contributed by atoms with Gasteiger partial charge in [0, 0.05) is 18.0 Å². The van der Waals surface area contributed by atoms with E-state index in [0.717, 1.165) is 9.86 Å². The Morgan fingerprint density at radius 3 is 2.84 bits per heavy atom. The van der Waals surface area contributed by atoms with Crippen molar-refractivity contribution in [1.82, 2.24) is 5.32 Å². The molecule has 2 N–H and O–H groups in total. The average molecular weight is 326 g/mol. The lowest BCUT2D eigenvalue weighted by Crippen LogP contribution is -2.38. The van der Waals surface area contributed by atoms with Crippen molar-refractivity contribution in [3.8, 4) is 0 Å². The van der Waals surface area contributed by atoms with Crippen LogP contribution in [0.4, 0.5) is 0 Å². The molecule has 2 rings (SSSR count). The van der Waals surface area contributed by atoms with Gasteiger partial charge in [0.1, 0.15) is 5.58 Å². The maximum absolute atomic E-state index is 12.1. The average Bonchev–Trinajstić information content (AvgIpc) is 2.83. The van der Waals surface area contributed by atoms with E-state index in [2.05, 4.69) is 21.2 Å². The zero-order chi connectivity index (χ0) is 14.0. The smallest absolute Gasteiger partial charge is 0.287 e. The topological polar surface area (TPSA) is 62.5 Å². The fourth-order valence-electron chi connectivity index (χ4n) is 1.72. The molecule has 1 heterocycles. The summed E-state index contributed by atoms with van der Waals surface area (Å²) >= 11 is 3.39. The molecule has 2 atom stereocenters. The standard InChI is InChI=1S/C14H16BrNO3/c1-8(7-17)9(2)16-14(18)12-6-10-4-3-5-11(15)13(10)19-12/h3-6,8-9,17H,7H2,1-2H3,(H,16,18). The molecular formula is C14H16BrNO3. The van der Waals surface area contributed by atoms with Gasteiger partial charge in [-0.15, -0.1) is 0 Å². The van der Waals surface area contributed by atoms with Crippen molar-refractivity contribution < 1.29 is 14.3 Å². The van der Waals surface area contributed by atoms with Crippen molar-refractivity contribution in [2.75, 3.05) is 6.61 Å². The third kappa shape index (κ3) is 2.98. The summed E-state index contributed by atoms with van der Waals surface area (Å²) in [5.74, 6) is 0.00912. The number of furan rings is 1. The van der Waals surface area contributed by atoms with E-state index in [-0.39, 0.29) is 30.2 Å². The lowest BCUT2D eigenvalue weighted by molar-refractivity contribution is 0.0890. The van der Waals surface area contributed by atoms with Gasteiger partial charge in [0.15, 0.2) is 5.76 Å². The molecule has 0 aliphatic heterocycles. The van der Waals surface area contributed by atoms with E-state index >= 15 is 0 Å². The van der Waals surface area contributed by atoms with E-state index in [4.69, 9.17) is 9.52 Å². The molecule has 0 bridgehead atoms. The number of para-hydroxylation sites is 1. The summed E-state index contributed by atoms with van der Waals surface area (Å²) in [5.41, 5.74) is 0.663. The van der Waals surface area contributed by atoms with Crippen LogP contribution in [0.25, 0.3) is 11.0 Å². The fourth-order valence-corrected chi connectivity index (χ4v) is 2.18. The molecule has 102 valence electrons. The zero-order valence-corrected chi connectivity index (χ0v) is 12.4. The summed E-state index contributed by atoms with van der Waals surface area (Å²) in [4.78, 5) is 12.1. The number of carbonyl (C=O) groups excluding carboxylic acids is 1. The quantitative estimate of drug-likeness (QED) is 0.908. The molecule has 0 spiro atoms. The minimum atomic E-state index is -0.268. The van der Waals surface area contributed by atoms with Gasteiger partial charge < -0.3 is 14.8 Å². The van der Waals surface area contributed by atoms with Crippen LogP contribution in [0.3, 0.4) is 0 Å². The van der Waals surface area contributed by atoms with Crippen molar-refractivity contribution >= 4 is 32.8 Å². The third-order valence-electron chi connectivity index (χ3n) is 3.22. The van der Waals surface area contributed by atoms with E-state index < -0.39 is 0 Å².